The third-order valence-electron chi connectivity index (χ3n) is 3.86. The number of methoxy groups -OCH3 is 1. The third-order valence-corrected chi connectivity index (χ3v) is 3.86. The number of hydrogen-bond acceptors (Lipinski definition) is 3. The highest BCUT2D eigenvalue weighted by molar-refractivity contribution is 5.66. The van der Waals surface area contributed by atoms with Crippen molar-refractivity contribution in [2.24, 2.45) is 14.1 Å². The fraction of sp³-hybridized carbons (Fsp3) is 0.267. The summed E-state index contributed by atoms with van der Waals surface area (Å²) in [5, 5.41) is 0. The molecule has 0 aliphatic heterocycles. The van der Waals surface area contributed by atoms with Crippen molar-refractivity contribution in [1.82, 2.24) is 14.1 Å². The second kappa shape index (κ2) is 5.38. The molecule has 1 aromatic carbocycles. The van der Waals surface area contributed by atoms with Crippen LogP contribution in [0.3, 0.4) is 0 Å². The summed E-state index contributed by atoms with van der Waals surface area (Å²) in [6, 6.07) is 6.56. The molecule has 0 amide bonds. The summed E-state index contributed by atoms with van der Waals surface area (Å²) in [5.41, 5.74) is 0.0528. The average molecular weight is 319 g/mol. The molecule has 0 radical (unpaired) electrons. The van der Waals surface area contributed by atoms with E-state index in [4.69, 9.17) is 4.74 Å². The zero-order valence-electron chi connectivity index (χ0n) is 13.0. The van der Waals surface area contributed by atoms with E-state index in [9.17, 15) is 14.0 Å². The van der Waals surface area contributed by atoms with E-state index in [2.05, 4.69) is 4.98 Å². The van der Waals surface area contributed by atoms with Crippen LogP contribution in [0.1, 0.15) is 5.56 Å². The number of fused-ring (bicyclic) bond motifs is 1. The normalized spacial score (nSPS) is 11.1. The van der Waals surface area contributed by atoms with E-state index >= 15 is 0 Å². The molecule has 2 aromatic heterocycles. The lowest BCUT2D eigenvalue weighted by Gasteiger charge is -2.03. The predicted molar refractivity (Wildman–Crippen MR) is 81.0 cm³/mol. The second-order valence-corrected chi connectivity index (χ2v) is 5.21. The summed E-state index contributed by atoms with van der Waals surface area (Å²) >= 11 is 0. The zero-order valence-corrected chi connectivity index (χ0v) is 13.0. The molecule has 3 aromatic rings. The van der Waals surface area contributed by atoms with Gasteiger partial charge in [0, 0.05) is 19.7 Å². The van der Waals surface area contributed by atoms with Crippen molar-refractivity contribution in [2.75, 3.05) is 7.11 Å². The summed E-state index contributed by atoms with van der Waals surface area (Å²) in [7, 11) is 4.38. The van der Waals surface area contributed by atoms with E-state index in [0.717, 1.165) is 4.57 Å². The van der Waals surface area contributed by atoms with Crippen molar-refractivity contribution in [2.45, 2.75) is 6.54 Å². The van der Waals surface area contributed by atoms with Crippen LogP contribution < -0.4 is 20.6 Å². The maximum absolute atomic E-state index is 13.9. The molecule has 0 aliphatic rings. The Balaban J connectivity index is 2.34. The van der Waals surface area contributed by atoms with Crippen LogP contribution in [0.25, 0.3) is 11.2 Å². The van der Waals surface area contributed by atoms with Gasteiger partial charge in [-0.15, -0.1) is 0 Å². The van der Waals surface area contributed by atoms with Gasteiger partial charge in [-0.3, -0.25) is 13.9 Å². The molecule has 0 fully saturated rings. The Morgan fingerprint density at radius 1 is 1.22 bits per heavy atom. The van der Waals surface area contributed by atoms with Crippen molar-refractivity contribution >= 4 is 11.2 Å². The molecule has 0 unspecified atom stereocenters. The van der Waals surface area contributed by atoms with Crippen molar-refractivity contribution in [3.05, 3.63) is 56.5 Å². The van der Waals surface area contributed by atoms with Crippen LogP contribution in [0.2, 0.25) is 0 Å². The lowest BCUT2D eigenvalue weighted by atomic mass is 10.2. The Morgan fingerprint density at radius 3 is 2.57 bits per heavy atom. The maximum atomic E-state index is 13.9. The molecule has 23 heavy (non-hydrogen) atoms. The third kappa shape index (κ3) is 2.23. The van der Waals surface area contributed by atoms with E-state index < -0.39 is 11.2 Å². The number of aromatic amines is 1. The molecular weight excluding hydrogens is 303 g/mol. The first kappa shape index (κ1) is 15.0. The second-order valence-electron chi connectivity index (χ2n) is 5.21. The summed E-state index contributed by atoms with van der Waals surface area (Å²) in [6.07, 6.45) is 0. The lowest BCUT2D eigenvalue weighted by molar-refractivity contribution is -0.668. The van der Waals surface area contributed by atoms with Gasteiger partial charge in [-0.1, -0.05) is 18.2 Å². The van der Waals surface area contributed by atoms with Crippen LogP contribution >= 0.6 is 0 Å². The maximum Gasteiger partial charge on any atom is 0.456 e. The van der Waals surface area contributed by atoms with Gasteiger partial charge in [0.15, 0.2) is 0 Å². The molecule has 0 saturated carbocycles. The molecule has 0 atom stereocenters. The first-order valence-corrected chi connectivity index (χ1v) is 6.94. The number of rotatable bonds is 3. The van der Waals surface area contributed by atoms with Gasteiger partial charge in [0.1, 0.15) is 12.4 Å². The molecule has 0 saturated heterocycles. The highest BCUT2D eigenvalue weighted by Crippen LogP contribution is 2.12. The highest BCUT2D eigenvalue weighted by atomic mass is 19.1. The largest absolute Gasteiger partial charge is 0.456 e. The van der Waals surface area contributed by atoms with Gasteiger partial charge in [0.2, 0.25) is 0 Å². The molecule has 0 spiro atoms. The number of ether oxygens (including phenoxy) is 1. The van der Waals surface area contributed by atoms with Crippen molar-refractivity contribution in [3.63, 3.8) is 0 Å². The quantitative estimate of drug-likeness (QED) is 0.693. The summed E-state index contributed by atoms with van der Waals surface area (Å²) in [4.78, 5) is 27.4. The van der Waals surface area contributed by atoms with Gasteiger partial charge in [-0.25, -0.2) is 9.18 Å². The molecule has 1 N–H and O–H groups in total. The Hall–Kier alpha value is -2.90. The summed E-state index contributed by atoms with van der Waals surface area (Å²) in [5.74, 6) is -0.377. The molecule has 120 valence electrons. The summed E-state index contributed by atoms with van der Waals surface area (Å²) < 4.78 is 23.0. The van der Waals surface area contributed by atoms with Crippen LogP contribution in [-0.4, -0.2) is 21.2 Å². The van der Waals surface area contributed by atoms with Crippen LogP contribution in [0.4, 0.5) is 4.39 Å². The van der Waals surface area contributed by atoms with Gasteiger partial charge < -0.3 is 4.74 Å². The van der Waals surface area contributed by atoms with Crippen LogP contribution in [-0.2, 0) is 20.6 Å². The number of imidazole rings is 1. The van der Waals surface area contributed by atoms with Gasteiger partial charge in [0.05, 0.1) is 7.11 Å². The van der Waals surface area contributed by atoms with E-state index in [1.54, 1.807) is 25.2 Å². The first-order valence-electron chi connectivity index (χ1n) is 6.94. The highest BCUT2D eigenvalue weighted by Gasteiger charge is 2.27. The van der Waals surface area contributed by atoms with Gasteiger partial charge in [-0.05, 0) is 6.07 Å². The van der Waals surface area contributed by atoms with Crippen LogP contribution in [0, 0.1) is 5.82 Å². The fourth-order valence-corrected chi connectivity index (χ4v) is 2.59. The SMILES string of the molecule is COc1[nH]c2c(c(=O)n(C)c(=O)n2C)[n+]1Cc1ccccc1F. The number of aromatic nitrogens is 4. The predicted octanol–water partition coefficient (Wildman–Crippen LogP) is 0.0488. The minimum Gasteiger partial charge on any atom is -0.434 e. The number of benzene rings is 1. The Bertz CT molecular complexity index is 1020. The van der Waals surface area contributed by atoms with Crippen LogP contribution in [0.15, 0.2) is 33.9 Å². The lowest BCUT2D eigenvalue weighted by Crippen LogP contribution is -2.44. The Labute approximate surface area is 130 Å². The minimum atomic E-state index is -0.473. The standard InChI is InChI=1S/C15H15FN4O3/c1-18-12-11(13(21)19(2)15(18)22)20(14(17-12)23-3)8-9-6-4-5-7-10(9)16/h4-7H,8H2,1-3H3/p+1. The number of hydrogen-bond donors (Lipinski definition) is 1. The van der Waals surface area contributed by atoms with Gasteiger partial charge in [0.25, 0.3) is 11.2 Å². The number of nitrogens with one attached hydrogen (secondary N) is 1. The van der Waals surface area contributed by atoms with E-state index in [-0.39, 0.29) is 23.9 Å². The average Bonchev–Trinajstić information content (AvgIpc) is 2.91. The van der Waals surface area contributed by atoms with Crippen molar-refractivity contribution in [1.29, 1.82) is 0 Å². The van der Waals surface area contributed by atoms with E-state index in [0.29, 0.717) is 11.2 Å². The first-order chi connectivity index (χ1) is 11.0. The van der Waals surface area contributed by atoms with Crippen molar-refractivity contribution in [3.8, 4) is 6.01 Å². The zero-order chi connectivity index (χ0) is 16.7. The number of nitrogens with zero attached hydrogens (tertiary/aromatic N) is 3. The molecular formula is C15H16FN4O3+. The molecule has 7 nitrogen and oxygen atoms in total. The Morgan fingerprint density at radius 2 is 1.91 bits per heavy atom. The number of halogens is 1. The van der Waals surface area contributed by atoms with Gasteiger partial charge >= 0.3 is 17.3 Å². The van der Waals surface area contributed by atoms with E-state index in [1.165, 1.54) is 29.4 Å². The fourth-order valence-electron chi connectivity index (χ4n) is 2.59. The molecule has 0 aliphatic carbocycles. The number of H-pyrrole nitrogens is 1. The number of aryl methyl sites for hydroxylation is 1. The minimum absolute atomic E-state index is 0.100. The topological polar surface area (TPSA) is 72.9 Å². The monoisotopic (exact) mass is 319 g/mol. The Kier molecular flexibility index (Phi) is 3.51. The molecule has 0 bridgehead atoms. The molecule has 3 rings (SSSR count). The van der Waals surface area contributed by atoms with Gasteiger partial charge in [-0.2, -0.15) is 9.55 Å². The van der Waals surface area contributed by atoms with Crippen LogP contribution in [0.5, 0.6) is 6.01 Å². The smallest absolute Gasteiger partial charge is 0.434 e. The molecule has 8 heteroatoms. The van der Waals surface area contributed by atoms with E-state index in [1.807, 2.05) is 0 Å². The summed E-state index contributed by atoms with van der Waals surface area (Å²) in [6.45, 7) is 0.100. The van der Waals surface area contributed by atoms with Crippen molar-refractivity contribution < 1.29 is 13.7 Å². The molecule has 2 heterocycles.